The maximum absolute atomic E-state index is 12.5. The summed E-state index contributed by atoms with van der Waals surface area (Å²) in [4.78, 5) is 12.2. The summed E-state index contributed by atoms with van der Waals surface area (Å²) in [5.41, 5.74) is 0.0613. The van der Waals surface area contributed by atoms with Crippen molar-refractivity contribution in [2.24, 2.45) is 0 Å². The molecule has 7 heteroatoms. The fraction of sp³-hybridized carbons (Fsp3) is 0.0556. The Labute approximate surface area is 149 Å². The highest BCUT2D eigenvalue weighted by Gasteiger charge is 2.20. The van der Waals surface area contributed by atoms with Crippen LogP contribution in [-0.4, -0.2) is 25.2 Å². The SMILES string of the molecule is O=C(CS(=O)(=O)c1ccc2ccccc2c1)Nc1cc(Cl)ccc1O. The molecule has 0 saturated carbocycles. The number of fused-ring (bicyclic) bond motifs is 1. The first-order valence-corrected chi connectivity index (χ1v) is 9.38. The lowest BCUT2D eigenvalue weighted by Gasteiger charge is -2.09. The van der Waals surface area contributed by atoms with E-state index in [0.29, 0.717) is 5.02 Å². The Hall–Kier alpha value is -2.57. The topological polar surface area (TPSA) is 83.5 Å². The zero-order chi connectivity index (χ0) is 18.0. The first-order valence-electron chi connectivity index (χ1n) is 7.35. The van der Waals surface area contributed by atoms with Gasteiger partial charge in [-0.3, -0.25) is 4.79 Å². The molecule has 2 N–H and O–H groups in total. The van der Waals surface area contributed by atoms with Gasteiger partial charge in [0.25, 0.3) is 0 Å². The van der Waals surface area contributed by atoms with Gasteiger partial charge in [-0.25, -0.2) is 8.42 Å². The van der Waals surface area contributed by atoms with Crippen LogP contribution in [-0.2, 0) is 14.6 Å². The number of carbonyl (C=O) groups is 1. The quantitative estimate of drug-likeness (QED) is 0.682. The predicted octanol–water partition coefficient (Wildman–Crippen LogP) is 3.61. The minimum absolute atomic E-state index is 0.0613. The average molecular weight is 376 g/mol. The molecule has 0 aliphatic rings. The van der Waals surface area contributed by atoms with Crippen molar-refractivity contribution in [3.8, 4) is 5.75 Å². The molecule has 5 nitrogen and oxygen atoms in total. The van der Waals surface area contributed by atoms with Crippen molar-refractivity contribution < 1.29 is 18.3 Å². The van der Waals surface area contributed by atoms with Crippen LogP contribution in [0.5, 0.6) is 5.75 Å². The van der Waals surface area contributed by atoms with Crippen molar-refractivity contribution in [3.05, 3.63) is 65.7 Å². The number of nitrogens with one attached hydrogen (secondary N) is 1. The van der Waals surface area contributed by atoms with Crippen LogP contribution >= 0.6 is 11.6 Å². The maximum atomic E-state index is 12.5. The van der Waals surface area contributed by atoms with E-state index < -0.39 is 21.5 Å². The number of phenols is 1. The Morgan fingerprint density at radius 2 is 1.72 bits per heavy atom. The Balaban J connectivity index is 1.82. The monoisotopic (exact) mass is 375 g/mol. The van der Waals surface area contributed by atoms with Crippen molar-refractivity contribution in [3.63, 3.8) is 0 Å². The number of halogens is 1. The molecule has 0 aliphatic heterocycles. The number of rotatable bonds is 4. The average Bonchev–Trinajstić information content (AvgIpc) is 2.57. The molecule has 0 aliphatic carbocycles. The summed E-state index contributed by atoms with van der Waals surface area (Å²) in [6.45, 7) is 0. The molecule has 0 fully saturated rings. The molecule has 3 aromatic carbocycles. The maximum Gasteiger partial charge on any atom is 0.240 e. The molecular weight excluding hydrogens is 362 g/mol. The van der Waals surface area contributed by atoms with Gasteiger partial charge < -0.3 is 10.4 Å². The standard InChI is InChI=1S/C18H14ClNO4S/c19-14-6-8-17(21)16(10-14)20-18(22)11-25(23,24)15-7-5-12-3-1-2-4-13(12)9-15/h1-10,21H,11H2,(H,20,22). The minimum atomic E-state index is -3.82. The van der Waals surface area contributed by atoms with Gasteiger partial charge in [0.05, 0.1) is 10.6 Å². The van der Waals surface area contributed by atoms with E-state index in [4.69, 9.17) is 11.6 Å². The number of hydrogen-bond donors (Lipinski definition) is 2. The van der Waals surface area contributed by atoms with Crippen LogP contribution in [0.4, 0.5) is 5.69 Å². The highest BCUT2D eigenvalue weighted by Crippen LogP contribution is 2.27. The Morgan fingerprint density at radius 1 is 1.00 bits per heavy atom. The fourth-order valence-electron chi connectivity index (χ4n) is 2.41. The summed E-state index contributed by atoms with van der Waals surface area (Å²) >= 11 is 5.80. The van der Waals surface area contributed by atoms with Crippen LogP contribution < -0.4 is 5.32 Å². The summed E-state index contributed by atoms with van der Waals surface area (Å²) in [5.74, 6) is -1.69. The van der Waals surface area contributed by atoms with Gasteiger partial charge in [0.2, 0.25) is 5.91 Å². The first-order chi connectivity index (χ1) is 11.8. The van der Waals surface area contributed by atoms with Gasteiger partial charge in [-0.05, 0) is 41.1 Å². The lowest BCUT2D eigenvalue weighted by atomic mass is 10.1. The van der Waals surface area contributed by atoms with Crippen molar-refractivity contribution in [2.75, 3.05) is 11.1 Å². The first kappa shape index (κ1) is 17.3. The number of aromatic hydroxyl groups is 1. The van der Waals surface area contributed by atoms with E-state index in [1.165, 1.54) is 30.3 Å². The molecular formula is C18H14ClNO4S. The van der Waals surface area contributed by atoms with E-state index in [1.54, 1.807) is 12.1 Å². The van der Waals surface area contributed by atoms with Gasteiger partial charge in [-0.2, -0.15) is 0 Å². The van der Waals surface area contributed by atoms with Crippen LogP contribution in [0.25, 0.3) is 10.8 Å². The lowest BCUT2D eigenvalue weighted by Crippen LogP contribution is -2.23. The highest BCUT2D eigenvalue weighted by molar-refractivity contribution is 7.92. The van der Waals surface area contributed by atoms with Crippen LogP contribution in [0.1, 0.15) is 0 Å². The van der Waals surface area contributed by atoms with Crippen LogP contribution in [0.15, 0.2) is 65.6 Å². The second kappa shape index (κ2) is 6.74. The molecule has 1 amide bonds. The smallest absolute Gasteiger partial charge is 0.240 e. The molecule has 0 aromatic heterocycles. The Kier molecular flexibility index (Phi) is 4.65. The van der Waals surface area contributed by atoms with E-state index in [2.05, 4.69) is 5.32 Å². The molecule has 0 heterocycles. The van der Waals surface area contributed by atoms with E-state index >= 15 is 0 Å². The molecule has 3 aromatic rings. The largest absolute Gasteiger partial charge is 0.506 e. The van der Waals surface area contributed by atoms with Gasteiger partial charge >= 0.3 is 0 Å². The summed E-state index contributed by atoms with van der Waals surface area (Å²) in [6.07, 6.45) is 0. The van der Waals surface area contributed by atoms with Crippen LogP contribution in [0.3, 0.4) is 0 Å². The number of carbonyl (C=O) groups excluding carboxylic acids is 1. The van der Waals surface area contributed by atoms with Crippen molar-refractivity contribution in [1.82, 2.24) is 0 Å². The van der Waals surface area contributed by atoms with Crippen LogP contribution in [0.2, 0.25) is 5.02 Å². The zero-order valence-electron chi connectivity index (χ0n) is 12.9. The van der Waals surface area contributed by atoms with Gasteiger partial charge in [-0.15, -0.1) is 0 Å². The molecule has 0 saturated heterocycles. The number of amides is 1. The summed E-state index contributed by atoms with van der Waals surface area (Å²) in [7, 11) is -3.82. The normalized spacial score (nSPS) is 11.4. The number of phenolic OH excluding ortho intramolecular Hbond substituents is 1. The van der Waals surface area contributed by atoms with Gasteiger partial charge in [0.15, 0.2) is 9.84 Å². The fourth-order valence-corrected chi connectivity index (χ4v) is 3.75. The number of hydrogen-bond acceptors (Lipinski definition) is 4. The number of benzene rings is 3. The predicted molar refractivity (Wildman–Crippen MR) is 97.7 cm³/mol. The van der Waals surface area contributed by atoms with E-state index in [0.717, 1.165) is 10.8 Å². The molecule has 128 valence electrons. The zero-order valence-corrected chi connectivity index (χ0v) is 14.5. The summed E-state index contributed by atoms with van der Waals surface area (Å²) < 4.78 is 25.0. The Bertz CT molecular complexity index is 1060. The highest BCUT2D eigenvalue weighted by atomic mass is 35.5. The number of anilines is 1. The molecule has 0 bridgehead atoms. The van der Waals surface area contributed by atoms with Crippen molar-refractivity contribution >= 4 is 43.8 Å². The third kappa shape index (κ3) is 3.92. The molecule has 3 rings (SSSR count). The van der Waals surface area contributed by atoms with E-state index in [9.17, 15) is 18.3 Å². The minimum Gasteiger partial charge on any atom is -0.506 e. The second-order valence-electron chi connectivity index (χ2n) is 5.48. The molecule has 0 atom stereocenters. The van der Waals surface area contributed by atoms with Crippen molar-refractivity contribution in [1.29, 1.82) is 0 Å². The lowest BCUT2D eigenvalue weighted by molar-refractivity contribution is -0.113. The third-order valence-electron chi connectivity index (χ3n) is 3.63. The van der Waals surface area contributed by atoms with Gasteiger partial charge in [-0.1, -0.05) is 41.9 Å². The van der Waals surface area contributed by atoms with E-state index in [-0.39, 0.29) is 16.3 Å². The third-order valence-corrected chi connectivity index (χ3v) is 5.48. The van der Waals surface area contributed by atoms with Crippen LogP contribution in [0, 0.1) is 0 Å². The molecule has 0 spiro atoms. The Morgan fingerprint density at radius 3 is 2.48 bits per heavy atom. The second-order valence-corrected chi connectivity index (χ2v) is 7.90. The molecule has 0 radical (unpaired) electrons. The van der Waals surface area contributed by atoms with Gasteiger partial charge in [0, 0.05) is 5.02 Å². The van der Waals surface area contributed by atoms with Crippen molar-refractivity contribution in [2.45, 2.75) is 4.90 Å². The summed E-state index contributed by atoms with van der Waals surface area (Å²) in [5, 5.41) is 14.1. The molecule has 0 unspecified atom stereocenters. The summed E-state index contributed by atoms with van der Waals surface area (Å²) in [6, 6.07) is 16.2. The van der Waals surface area contributed by atoms with Gasteiger partial charge in [0.1, 0.15) is 11.5 Å². The van der Waals surface area contributed by atoms with E-state index in [1.807, 2.05) is 18.2 Å². The number of sulfone groups is 1. The molecule has 25 heavy (non-hydrogen) atoms.